The van der Waals surface area contributed by atoms with Gasteiger partial charge in [0.25, 0.3) is 5.89 Å². The first-order chi connectivity index (χ1) is 10.8. The van der Waals surface area contributed by atoms with Crippen LogP contribution in [0.5, 0.6) is 0 Å². The van der Waals surface area contributed by atoms with E-state index in [1.54, 1.807) is 0 Å². The van der Waals surface area contributed by atoms with E-state index >= 15 is 0 Å². The van der Waals surface area contributed by atoms with Gasteiger partial charge in [0.1, 0.15) is 6.10 Å². The Kier molecular flexibility index (Phi) is 3.67. The number of rotatable bonds is 4. The summed E-state index contributed by atoms with van der Waals surface area (Å²) >= 11 is 0. The first kappa shape index (κ1) is 13.9. The summed E-state index contributed by atoms with van der Waals surface area (Å²) in [6.45, 7) is 5.53. The molecule has 22 heavy (non-hydrogen) atoms. The van der Waals surface area contributed by atoms with E-state index in [4.69, 9.17) is 9.26 Å². The Labute approximate surface area is 129 Å². The van der Waals surface area contributed by atoms with Crippen LogP contribution in [0.15, 0.2) is 4.52 Å². The number of nitrogens with one attached hydrogen (secondary N) is 1. The van der Waals surface area contributed by atoms with Gasteiger partial charge in [-0.05, 0) is 19.3 Å². The maximum atomic E-state index is 5.59. The SMILES string of the molecule is CCc1n[nH]c2c1CN(Cc1noc(C3CCCO3)n1)CC2. The van der Waals surface area contributed by atoms with Gasteiger partial charge in [0.05, 0.1) is 12.2 Å². The van der Waals surface area contributed by atoms with Gasteiger partial charge < -0.3 is 9.26 Å². The van der Waals surface area contributed by atoms with Gasteiger partial charge in [-0.15, -0.1) is 0 Å². The van der Waals surface area contributed by atoms with Crippen molar-refractivity contribution in [2.45, 2.75) is 51.8 Å². The van der Waals surface area contributed by atoms with E-state index in [1.807, 2.05) is 0 Å². The third kappa shape index (κ3) is 2.55. The van der Waals surface area contributed by atoms with Crippen LogP contribution in [0.4, 0.5) is 0 Å². The molecule has 4 heterocycles. The summed E-state index contributed by atoms with van der Waals surface area (Å²) in [5.74, 6) is 1.37. The molecule has 1 N–H and O–H groups in total. The van der Waals surface area contributed by atoms with Gasteiger partial charge in [0.15, 0.2) is 5.82 Å². The van der Waals surface area contributed by atoms with Crippen LogP contribution in [-0.2, 0) is 30.7 Å². The maximum Gasteiger partial charge on any atom is 0.255 e. The van der Waals surface area contributed by atoms with Crippen LogP contribution in [0.1, 0.15) is 54.5 Å². The predicted molar refractivity (Wildman–Crippen MR) is 78.0 cm³/mol. The molecule has 2 aliphatic heterocycles. The van der Waals surface area contributed by atoms with Crippen molar-refractivity contribution in [3.8, 4) is 0 Å². The van der Waals surface area contributed by atoms with Crippen molar-refractivity contribution in [1.82, 2.24) is 25.2 Å². The number of H-pyrrole nitrogens is 1. The van der Waals surface area contributed by atoms with Crippen LogP contribution in [0.3, 0.4) is 0 Å². The number of hydrogen-bond donors (Lipinski definition) is 1. The third-order valence-electron chi connectivity index (χ3n) is 4.49. The number of aromatic nitrogens is 4. The average molecular weight is 303 g/mol. The Morgan fingerprint density at radius 3 is 3.18 bits per heavy atom. The maximum absolute atomic E-state index is 5.59. The molecule has 7 nitrogen and oxygen atoms in total. The molecular formula is C15H21N5O2. The van der Waals surface area contributed by atoms with Crippen LogP contribution in [0.25, 0.3) is 0 Å². The number of ether oxygens (including phenoxy) is 1. The van der Waals surface area contributed by atoms with Crippen molar-refractivity contribution in [2.24, 2.45) is 0 Å². The summed E-state index contributed by atoms with van der Waals surface area (Å²) in [5, 5.41) is 11.7. The Hall–Kier alpha value is -1.73. The molecule has 2 aromatic heterocycles. The lowest BCUT2D eigenvalue weighted by atomic mass is 10.0. The molecule has 0 saturated carbocycles. The van der Waals surface area contributed by atoms with Gasteiger partial charge in [-0.2, -0.15) is 10.1 Å². The second-order valence-electron chi connectivity index (χ2n) is 5.99. The van der Waals surface area contributed by atoms with Gasteiger partial charge in [-0.3, -0.25) is 10.00 Å². The van der Waals surface area contributed by atoms with E-state index in [0.717, 1.165) is 51.2 Å². The first-order valence-electron chi connectivity index (χ1n) is 8.05. The molecule has 0 amide bonds. The molecule has 1 saturated heterocycles. The molecule has 0 bridgehead atoms. The number of aromatic amines is 1. The smallest absolute Gasteiger partial charge is 0.255 e. The first-order valence-corrected chi connectivity index (χ1v) is 8.05. The Balaban J connectivity index is 1.43. The van der Waals surface area contributed by atoms with Crippen molar-refractivity contribution < 1.29 is 9.26 Å². The third-order valence-corrected chi connectivity index (χ3v) is 4.49. The fourth-order valence-electron chi connectivity index (χ4n) is 3.27. The lowest BCUT2D eigenvalue weighted by Crippen LogP contribution is -2.30. The highest BCUT2D eigenvalue weighted by Gasteiger charge is 2.26. The molecule has 1 atom stereocenters. The zero-order chi connectivity index (χ0) is 14.9. The van der Waals surface area contributed by atoms with Gasteiger partial charge in [-0.25, -0.2) is 0 Å². The predicted octanol–water partition coefficient (Wildman–Crippen LogP) is 1.76. The highest BCUT2D eigenvalue weighted by molar-refractivity contribution is 5.27. The van der Waals surface area contributed by atoms with Crippen LogP contribution in [-0.4, -0.2) is 38.4 Å². The summed E-state index contributed by atoms with van der Waals surface area (Å²) in [7, 11) is 0. The van der Waals surface area contributed by atoms with E-state index < -0.39 is 0 Å². The standard InChI is InChI=1S/C15H21N5O2/c1-2-11-10-8-20(6-5-12(10)18-17-11)9-14-16-15(22-19-14)13-4-3-7-21-13/h13H,2-9H2,1H3,(H,17,18). The van der Waals surface area contributed by atoms with E-state index in [9.17, 15) is 0 Å². The van der Waals surface area contributed by atoms with Crippen LogP contribution in [0, 0.1) is 0 Å². The van der Waals surface area contributed by atoms with E-state index in [0.29, 0.717) is 12.4 Å². The van der Waals surface area contributed by atoms with E-state index in [-0.39, 0.29) is 6.10 Å². The fraction of sp³-hybridized carbons (Fsp3) is 0.667. The van der Waals surface area contributed by atoms with Crippen molar-refractivity contribution in [3.05, 3.63) is 28.7 Å². The molecule has 2 aliphatic rings. The molecule has 1 unspecified atom stereocenters. The minimum Gasteiger partial charge on any atom is -0.368 e. The zero-order valence-corrected chi connectivity index (χ0v) is 12.8. The second kappa shape index (κ2) is 5.81. The van der Waals surface area contributed by atoms with Gasteiger partial charge in [-0.1, -0.05) is 12.1 Å². The van der Waals surface area contributed by atoms with E-state index in [1.165, 1.54) is 17.0 Å². The lowest BCUT2D eigenvalue weighted by molar-refractivity contribution is 0.0835. The number of nitrogens with zero attached hydrogens (tertiary/aromatic N) is 4. The molecule has 7 heteroatoms. The lowest BCUT2D eigenvalue weighted by Gasteiger charge is -2.25. The number of fused-ring (bicyclic) bond motifs is 1. The van der Waals surface area contributed by atoms with Crippen molar-refractivity contribution in [3.63, 3.8) is 0 Å². The average Bonchev–Trinajstić information content (AvgIpc) is 3.27. The van der Waals surface area contributed by atoms with E-state index in [2.05, 4.69) is 32.2 Å². The highest BCUT2D eigenvalue weighted by Crippen LogP contribution is 2.27. The number of aryl methyl sites for hydroxylation is 1. The summed E-state index contributed by atoms with van der Waals surface area (Å²) in [5.41, 5.74) is 3.80. The molecule has 0 spiro atoms. The summed E-state index contributed by atoms with van der Waals surface area (Å²) in [6, 6.07) is 0. The monoisotopic (exact) mass is 303 g/mol. The van der Waals surface area contributed by atoms with Crippen molar-refractivity contribution in [1.29, 1.82) is 0 Å². The van der Waals surface area contributed by atoms with Gasteiger partial charge in [0.2, 0.25) is 0 Å². The van der Waals surface area contributed by atoms with Crippen LogP contribution in [0.2, 0.25) is 0 Å². The summed E-state index contributed by atoms with van der Waals surface area (Å²) in [4.78, 5) is 6.85. The molecule has 1 fully saturated rings. The van der Waals surface area contributed by atoms with Crippen molar-refractivity contribution in [2.75, 3.05) is 13.2 Å². The van der Waals surface area contributed by atoms with Gasteiger partial charge >= 0.3 is 0 Å². The Morgan fingerprint density at radius 2 is 2.36 bits per heavy atom. The second-order valence-corrected chi connectivity index (χ2v) is 5.99. The van der Waals surface area contributed by atoms with Crippen molar-refractivity contribution >= 4 is 0 Å². The Morgan fingerprint density at radius 1 is 1.41 bits per heavy atom. The fourth-order valence-corrected chi connectivity index (χ4v) is 3.27. The van der Waals surface area contributed by atoms with Crippen LogP contribution >= 0.6 is 0 Å². The zero-order valence-electron chi connectivity index (χ0n) is 12.8. The summed E-state index contributed by atoms with van der Waals surface area (Å²) < 4.78 is 10.9. The molecule has 2 aromatic rings. The topological polar surface area (TPSA) is 80.1 Å². The molecule has 0 radical (unpaired) electrons. The molecule has 4 rings (SSSR count). The summed E-state index contributed by atoms with van der Waals surface area (Å²) in [6.07, 6.45) is 4.00. The van der Waals surface area contributed by atoms with Crippen LogP contribution < -0.4 is 0 Å². The molecule has 0 aromatic carbocycles. The van der Waals surface area contributed by atoms with Gasteiger partial charge in [0, 0.05) is 37.4 Å². The minimum absolute atomic E-state index is 0.00484. The molecular weight excluding hydrogens is 282 g/mol. The minimum atomic E-state index is -0.00484. The quantitative estimate of drug-likeness (QED) is 0.927. The Bertz CT molecular complexity index is 631. The normalized spacial score (nSPS) is 22.1. The molecule has 0 aliphatic carbocycles. The largest absolute Gasteiger partial charge is 0.368 e. The highest BCUT2D eigenvalue weighted by atomic mass is 16.5. The number of hydrogen-bond acceptors (Lipinski definition) is 6. The molecule has 118 valence electrons.